The van der Waals surface area contributed by atoms with Gasteiger partial charge in [0.15, 0.2) is 0 Å². The predicted octanol–water partition coefficient (Wildman–Crippen LogP) is 3.35. The first-order valence-corrected chi connectivity index (χ1v) is 8.99. The molecule has 2 N–H and O–H groups in total. The largest absolute Gasteiger partial charge is 0.352 e. The molecule has 150 valence electrons. The lowest BCUT2D eigenvalue weighted by atomic mass is 10.2. The van der Waals surface area contributed by atoms with E-state index in [0.29, 0.717) is 28.9 Å². The summed E-state index contributed by atoms with van der Waals surface area (Å²) in [6, 6.07) is 7.67. The molecule has 0 spiro atoms. The molecule has 0 unspecified atom stereocenters. The highest BCUT2D eigenvalue weighted by Crippen LogP contribution is 2.24. The van der Waals surface area contributed by atoms with Crippen molar-refractivity contribution in [3.63, 3.8) is 0 Å². The molecule has 1 aromatic heterocycles. The van der Waals surface area contributed by atoms with Gasteiger partial charge in [0.05, 0.1) is 16.9 Å². The van der Waals surface area contributed by atoms with Crippen LogP contribution >= 0.6 is 11.6 Å². The van der Waals surface area contributed by atoms with E-state index in [2.05, 4.69) is 20.7 Å². The predicted molar refractivity (Wildman–Crippen MR) is 103 cm³/mol. The summed E-state index contributed by atoms with van der Waals surface area (Å²) in [7, 11) is 0. The zero-order valence-corrected chi connectivity index (χ0v) is 15.8. The Balaban J connectivity index is 1.52. The van der Waals surface area contributed by atoms with Gasteiger partial charge in [-0.3, -0.25) is 9.59 Å². The second kappa shape index (κ2) is 9.24. The van der Waals surface area contributed by atoms with Gasteiger partial charge in [-0.2, -0.15) is 5.10 Å². The monoisotopic (exact) mass is 419 g/mol. The molecule has 3 rings (SSSR count). The van der Waals surface area contributed by atoms with Crippen molar-refractivity contribution in [2.45, 2.75) is 12.8 Å². The summed E-state index contributed by atoms with van der Waals surface area (Å²) in [5.41, 5.74) is 0.804. The molecule has 0 saturated carbocycles. The number of aromatic nitrogens is 3. The highest BCUT2D eigenvalue weighted by molar-refractivity contribution is 6.31. The van der Waals surface area contributed by atoms with Gasteiger partial charge in [-0.15, -0.1) is 0 Å². The Morgan fingerprint density at radius 3 is 2.69 bits per heavy atom. The number of carbonyl (C=O) groups is 2. The summed E-state index contributed by atoms with van der Waals surface area (Å²) in [4.78, 5) is 28.0. The molecule has 29 heavy (non-hydrogen) atoms. The number of anilines is 1. The van der Waals surface area contributed by atoms with E-state index in [0.717, 1.165) is 12.1 Å². The topological polar surface area (TPSA) is 88.9 Å². The lowest BCUT2D eigenvalue weighted by molar-refractivity contribution is -0.116. The zero-order chi connectivity index (χ0) is 20.8. The van der Waals surface area contributed by atoms with E-state index in [1.54, 1.807) is 18.2 Å². The Morgan fingerprint density at radius 2 is 1.97 bits per heavy atom. The van der Waals surface area contributed by atoms with Crippen molar-refractivity contribution in [1.29, 1.82) is 0 Å². The fraction of sp³-hybridized carbons (Fsp3) is 0.158. The molecule has 0 aliphatic rings. The van der Waals surface area contributed by atoms with E-state index in [1.165, 1.54) is 17.3 Å². The van der Waals surface area contributed by atoms with Gasteiger partial charge in [0.2, 0.25) is 5.91 Å². The highest BCUT2D eigenvalue weighted by Gasteiger charge is 2.13. The van der Waals surface area contributed by atoms with Gasteiger partial charge in [-0.25, -0.2) is 18.4 Å². The van der Waals surface area contributed by atoms with Gasteiger partial charge in [0.25, 0.3) is 5.91 Å². The molecule has 2 amide bonds. The summed E-state index contributed by atoms with van der Waals surface area (Å²) < 4.78 is 28.0. The van der Waals surface area contributed by atoms with Crippen LogP contribution in [0.25, 0.3) is 5.69 Å². The van der Waals surface area contributed by atoms with E-state index < -0.39 is 17.5 Å². The van der Waals surface area contributed by atoms with Gasteiger partial charge in [-0.05, 0) is 36.8 Å². The van der Waals surface area contributed by atoms with Gasteiger partial charge >= 0.3 is 0 Å². The molecule has 0 saturated heterocycles. The number of halogens is 3. The van der Waals surface area contributed by atoms with Crippen molar-refractivity contribution in [1.82, 2.24) is 20.1 Å². The van der Waals surface area contributed by atoms with Crippen molar-refractivity contribution in [3.05, 3.63) is 71.3 Å². The molecular formula is C19H16ClF2N5O2. The summed E-state index contributed by atoms with van der Waals surface area (Å²) in [6.45, 7) is 0.147. The molecule has 0 fully saturated rings. The molecule has 7 nitrogen and oxygen atoms in total. The molecule has 0 radical (unpaired) electrons. The first kappa shape index (κ1) is 20.4. The molecule has 1 heterocycles. The molecule has 2 aromatic carbocycles. The Morgan fingerprint density at radius 1 is 1.14 bits per heavy atom. The van der Waals surface area contributed by atoms with E-state index >= 15 is 0 Å². The summed E-state index contributed by atoms with van der Waals surface area (Å²) in [6.07, 6.45) is 3.28. The van der Waals surface area contributed by atoms with E-state index in [1.807, 2.05) is 0 Å². The normalized spacial score (nSPS) is 10.6. The first-order valence-electron chi connectivity index (χ1n) is 8.61. The van der Waals surface area contributed by atoms with Crippen LogP contribution in [0.3, 0.4) is 0 Å². The Bertz CT molecular complexity index is 1030. The van der Waals surface area contributed by atoms with Crippen molar-refractivity contribution in [2.24, 2.45) is 0 Å². The van der Waals surface area contributed by atoms with Crippen molar-refractivity contribution < 1.29 is 18.4 Å². The SMILES string of the molecule is O=C(CCCNC(=O)c1ccc(F)cc1F)Nc1cc(Cl)ccc1-n1cncn1. The molecule has 0 aliphatic heterocycles. The third-order valence-corrected chi connectivity index (χ3v) is 4.18. The molecular weight excluding hydrogens is 404 g/mol. The minimum atomic E-state index is -0.943. The number of benzene rings is 2. The fourth-order valence-electron chi connectivity index (χ4n) is 2.57. The third kappa shape index (κ3) is 5.35. The number of nitrogens with zero attached hydrogens (tertiary/aromatic N) is 3. The van der Waals surface area contributed by atoms with Gasteiger partial charge in [-0.1, -0.05) is 11.6 Å². The maximum absolute atomic E-state index is 13.6. The Kier molecular flexibility index (Phi) is 6.50. The standard InChI is InChI=1S/C19H16ClF2N5O2/c20-12-3-6-17(27-11-23-10-25-27)16(8-12)26-18(28)2-1-7-24-19(29)14-5-4-13(21)9-15(14)22/h3-6,8-11H,1-2,7H2,(H,24,29)(H,26,28). The van der Waals surface area contributed by atoms with Gasteiger partial charge in [0, 0.05) is 24.1 Å². The van der Waals surface area contributed by atoms with E-state index in [-0.39, 0.29) is 24.4 Å². The van der Waals surface area contributed by atoms with Crippen LogP contribution in [0, 0.1) is 11.6 Å². The smallest absolute Gasteiger partial charge is 0.254 e. The molecule has 10 heteroatoms. The van der Waals surface area contributed by atoms with E-state index in [9.17, 15) is 18.4 Å². The first-order chi connectivity index (χ1) is 13.9. The number of rotatable bonds is 7. The van der Waals surface area contributed by atoms with Gasteiger partial charge < -0.3 is 10.6 Å². The molecule has 3 aromatic rings. The minimum Gasteiger partial charge on any atom is -0.352 e. The zero-order valence-electron chi connectivity index (χ0n) is 15.0. The van der Waals surface area contributed by atoms with Crippen molar-refractivity contribution in [3.8, 4) is 5.69 Å². The van der Waals surface area contributed by atoms with Crippen LogP contribution < -0.4 is 10.6 Å². The number of nitrogens with one attached hydrogen (secondary N) is 2. The van der Waals surface area contributed by atoms with E-state index in [4.69, 9.17) is 11.6 Å². The maximum atomic E-state index is 13.6. The lowest BCUT2D eigenvalue weighted by Gasteiger charge is -2.11. The fourth-order valence-corrected chi connectivity index (χ4v) is 2.75. The van der Waals surface area contributed by atoms with Gasteiger partial charge in [0.1, 0.15) is 24.3 Å². The number of hydrogen-bond acceptors (Lipinski definition) is 4. The van der Waals surface area contributed by atoms with Crippen LogP contribution in [-0.4, -0.2) is 33.1 Å². The van der Waals surface area contributed by atoms with Crippen LogP contribution in [0.4, 0.5) is 14.5 Å². The van der Waals surface area contributed by atoms with Crippen LogP contribution in [-0.2, 0) is 4.79 Å². The third-order valence-electron chi connectivity index (χ3n) is 3.94. The van der Waals surface area contributed by atoms with Crippen LogP contribution in [0.1, 0.15) is 23.2 Å². The summed E-state index contributed by atoms with van der Waals surface area (Å²) in [5, 5.41) is 9.72. The quantitative estimate of drug-likeness (QED) is 0.575. The maximum Gasteiger partial charge on any atom is 0.254 e. The highest BCUT2D eigenvalue weighted by atomic mass is 35.5. The van der Waals surface area contributed by atoms with Crippen LogP contribution in [0.15, 0.2) is 49.1 Å². The lowest BCUT2D eigenvalue weighted by Crippen LogP contribution is -2.26. The summed E-state index contributed by atoms with van der Waals surface area (Å²) >= 11 is 6.01. The number of carbonyl (C=O) groups excluding carboxylic acids is 2. The Labute approximate surface area is 169 Å². The van der Waals surface area contributed by atoms with Crippen molar-refractivity contribution in [2.75, 3.05) is 11.9 Å². The minimum absolute atomic E-state index is 0.107. The van der Waals surface area contributed by atoms with Crippen molar-refractivity contribution >= 4 is 29.1 Å². The number of amides is 2. The second-order valence-corrected chi connectivity index (χ2v) is 6.47. The molecule has 0 aliphatic carbocycles. The molecule has 0 atom stereocenters. The average Bonchev–Trinajstić information content (AvgIpc) is 3.19. The average molecular weight is 420 g/mol. The summed E-state index contributed by atoms with van der Waals surface area (Å²) in [5.74, 6) is -2.68. The molecule has 0 bridgehead atoms. The van der Waals surface area contributed by atoms with Crippen LogP contribution in [0.2, 0.25) is 5.02 Å². The number of hydrogen-bond donors (Lipinski definition) is 2. The van der Waals surface area contributed by atoms with Crippen LogP contribution in [0.5, 0.6) is 0 Å². The second-order valence-electron chi connectivity index (χ2n) is 6.03. The Hall–Kier alpha value is -3.33.